The van der Waals surface area contributed by atoms with E-state index in [0.29, 0.717) is 13.1 Å². The normalized spacial score (nSPS) is 15.7. The van der Waals surface area contributed by atoms with Gasteiger partial charge in [-0.3, -0.25) is 4.79 Å². The van der Waals surface area contributed by atoms with Crippen molar-refractivity contribution in [2.75, 3.05) is 18.4 Å². The maximum absolute atomic E-state index is 12.9. The second-order valence-electron chi connectivity index (χ2n) is 3.59. The molecule has 1 aromatic rings. The summed E-state index contributed by atoms with van der Waals surface area (Å²) in [7, 11) is 0. The highest BCUT2D eigenvalue weighted by molar-refractivity contribution is 6.39. The molecule has 1 heterocycles. The van der Waals surface area contributed by atoms with E-state index in [2.05, 4.69) is 10.6 Å². The number of hydrogen-bond acceptors (Lipinski definition) is 2. The number of halogens is 3. The molecule has 1 amide bonds. The fourth-order valence-electron chi connectivity index (χ4n) is 1.36. The van der Waals surface area contributed by atoms with E-state index in [4.69, 9.17) is 23.2 Å². The Kier molecular flexibility index (Phi) is 3.33. The molecule has 2 N–H and O–H groups in total. The summed E-state index contributed by atoms with van der Waals surface area (Å²) in [6, 6.07) is 2.23. The molecule has 1 saturated heterocycles. The highest BCUT2D eigenvalue weighted by atomic mass is 35.5. The Balaban J connectivity index is 2.17. The van der Waals surface area contributed by atoms with Crippen molar-refractivity contribution >= 4 is 34.8 Å². The maximum Gasteiger partial charge on any atom is 0.230 e. The zero-order valence-electron chi connectivity index (χ0n) is 8.19. The lowest BCUT2D eigenvalue weighted by atomic mass is 10.0. The largest absolute Gasteiger partial charge is 0.323 e. The molecule has 2 rings (SSSR count). The topological polar surface area (TPSA) is 41.1 Å². The van der Waals surface area contributed by atoms with E-state index in [1.54, 1.807) is 0 Å². The van der Waals surface area contributed by atoms with Gasteiger partial charge in [0.2, 0.25) is 5.91 Å². The first-order valence-electron chi connectivity index (χ1n) is 4.74. The SMILES string of the molecule is O=C(Nc1c(Cl)cc(F)cc1Cl)C1CNC1. The van der Waals surface area contributed by atoms with E-state index in [0.717, 1.165) is 12.1 Å². The third-order valence-corrected chi connectivity index (χ3v) is 3.00. The first-order valence-corrected chi connectivity index (χ1v) is 5.49. The van der Waals surface area contributed by atoms with Gasteiger partial charge in [-0.2, -0.15) is 0 Å². The van der Waals surface area contributed by atoms with Crippen molar-refractivity contribution in [2.45, 2.75) is 0 Å². The van der Waals surface area contributed by atoms with Crippen molar-refractivity contribution in [3.05, 3.63) is 28.0 Å². The fraction of sp³-hybridized carbons (Fsp3) is 0.300. The molecule has 0 atom stereocenters. The van der Waals surface area contributed by atoms with Gasteiger partial charge in [0.15, 0.2) is 0 Å². The molecule has 0 aliphatic carbocycles. The van der Waals surface area contributed by atoms with E-state index in [1.807, 2.05) is 0 Å². The van der Waals surface area contributed by atoms with Gasteiger partial charge < -0.3 is 10.6 Å². The predicted molar refractivity (Wildman–Crippen MR) is 61.4 cm³/mol. The maximum atomic E-state index is 12.9. The minimum absolute atomic E-state index is 0.0720. The summed E-state index contributed by atoms with van der Waals surface area (Å²) in [5.74, 6) is -0.760. The molecule has 0 unspecified atom stereocenters. The van der Waals surface area contributed by atoms with E-state index in [-0.39, 0.29) is 27.6 Å². The molecule has 1 fully saturated rings. The Labute approximate surface area is 102 Å². The van der Waals surface area contributed by atoms with Gasteiger partial charge in [0.05, 0.1) is 21.7 Å². The smallest absolute Gasteiger partial charge is 0.230 e. The summed E-state index contributed by atoms with van der Waals surface area (Å²) < 4.78 is 12.9. The van der Waals surface area contributed by atoms with E-state index in [9.17, 15) is 9.18 Å². The van der Waals surface area contributed by atoms with Crippen molar-refractivity contribution in [3.8, 4) is 0 Å². The second-order valence-corrected chi connectivity index (χ2v) is 4.40. The summed E-state index contributed by atoms with van der Waals surface area (Å²) in [6.07, 6.45) is 0. The Morgan fingerprint density at radius 3 is 2.38 bits per heavy atom. The molecule has 16 heavy (non-hydrogen) atoms. The van der Waals surface area contributed by atoms with E-state index < -0.39 is 5.82 Å². The van der Waals surface area contributed by atoms with Crippen molar-refractivity contribution in [3.63, 3.8) is 0 Å². The molecule has 1 aromatic carbocycles. The summed E-state index contributed by atoms with van der Waals surface area (Å²) in [4.78, 5) is 11.6. The molecule has 1 aliphatic heterocycles. The average Bonchev–Trinajstić information content (AvgIpc) is 2.08. The van der Waals surface area contributed by atoms with E-state index >= 15 is 0 Å². The molecule has 0 saturated carbocycles. The lowest BCUT2D eigenvalue weighted by Gasteiger charge is -2.26. The number of benzene rings is 1. The molecule has 3 nitrogen and oxygen atoms in total. The molecule has 86 valence electrons. The van der Waals surface area contributed by atoms with Gasteiger partial charge in [0, 0.05) is 13.1 Å². The Morgan fingerprint density at radius 2 is 1.94 bits per heavy atom. The highest BCUT2D eigenvalue weighted by Crippen LogP contribution is 2.31. The van der Waals surface area contributed by atoms with E-state index in [1.165, 1.54) is 0 Å². The van der Waals surface area contributed by atoms with Gasteiger partial charge in [-0.1, -0.05) is 23.2 Å². The quantitative estimate of drug-likeness (QED) is 0.859. The predicted octanol–water partition coefficient (Wildman–Crippen LogP) is 2.29. The molecule has 6 heteroatoms. The number of rotatable bonds is 2. The Bertz CT molecular complexity index is 412. The zero-order valence-corrected chi connectivity index (χ0v) is 9.70. The summed E-state index contributed by atoms with van der Waals surface area (Å²) in [5, 5.41) is 5.78. The van der Waals surface area contributed by atoms with Gasteiger partial charge >= 0.3 is 0 Å². The van der Waals surface area contributed by atoms with Gasteiger partial charge in [0.25, 0.3) is 0 Å². The summed E-state index contributed by atoms with van der Waals surface area (Å²) >= 11 is 11.6. The molecule has 0 spiro atoms. The molecule has 1 aliphatic rings. The van der Waals surface area contributed by atoms with Gasteiger partial charge in [-0.15, -0.1) is 0 Å². The van der Waals surface area contributed by atoms with Crippen LogP contribution in [0.25, 0.3) is 0 Å². The molecular formula is C10H9Cl2FN2O. The van der Waals surface area contributed by atoms with Crippen molar-refractivity contribution in [1.29, 1.82) is 0 Å². The van der Waals surface area contributed by atoms with Crippen LogP contribution in [-0.4, -0.2) is 19.0 Å². The van der Waals surface area contributed by atoms with Crippen LogP contribution < -0.4 is 10.6 Å². The minimum atomic E-state index is -0.529. The van der Waals surface area contributed by atoms with Crippen LogP contribution in [0.5, 0.6) is 0 Å². The lowest BCUT2D eigenvalue weighted by Crippen LogP contribution is -2.48. The fourth-order valence-corrected chi connectivity index (χ4v) is 1.92. The second kappa shape index (κ2) is 4.57. The zero-order chi connectivity index (χ0) is 11.7. The number of hydrogen-bond donors (Lipinski definition) is 2. The third-order valence-electron chi connectivity index (χ3n) is 2.41. The molecular weight excluding hydrogens is 254 g/mol. The first-order chi connectivity index (χ1) is 7.58. The molecule has 0 radical (unpaired) electrons. The first kappa shape index (κ1) is 11.6. The number of anilines is 1. The van der Waals surface area contributed by atoms with Crippen LogP contribution in [0.3, 0.4) is 0 Å². The van der Waals surface area contributed by atoms with Crippen LogP contribution in [0.2, 0.25) is 10.0 Å². The van der Waals surface area contributed by atoms with Gasteiger partial charge in [-0.05, 0) is 12.1 Å². The van der Waals surface area contributed by atoms with Gasteiger partial charge in [0.1, 0.15) is 5.82 Å². The number of nitrogens with one attached hydrogen (secondary N) is 2. The average molecular weight is 263 g/mol. The van der Waals surface area contributed by atoms with Crippen molar-refractivity contribution in [1.82, 2.24) is 5.32 Å². The van der Waals surface area contributed by atoms with Crippen molar-refractivity contribution < 1.29 is 9.18 Å². The number of amides is 1. The van der Waals surface area contributed by atoms with Crippen LogP contribution in [0, 0.1) is 11.7 Å². The number of carbonyl (C=O) groups excluding carboxylic acids is 1. The monoisotopic (exact) mass is 262 g/mol. The lowest BCUT2D eigenvalue weighted by molar-refractivity contribution is -0.121. The summed E-state index contributed by atoms with van der Waals surface area (Å²) in [6.45, 7) is 1.28. The Morgan fingerprint density at radius 1 is 1.38 bits per heavy atom. The molecule has 0 bridgehead atoms. The van der Waals surface area contributed by atoms with Crippen LogP contribution >= 0.6 is 23.2 Å². The summed E-state index contributed by atoms with van der Waals surface area (Å²) in [5.41, 5.74) is 0.265. The van der Waals surface area contributed by atoms with Crippen LogP contribution in [0.15, 0.2) is 12.1 Å². The molecule has 0 aromatic heterocycles. The Hall–Kier alpha value is -0.840. The van der Waals surface area contributed by atoms with Crippen molar-refractivity contribution in [2.24, 2.45) is 5.92 Å². The minimum Gasteiger partial charge on any atom is -0.323 e. The highest BCUT2D eigenvalue weighted by Gasteiger charge is 2.25. The van der Waals surface area contributed by atoms with Crippen LogP contribution in [0.1, 0.15) is 0 Å². The third kappa shape index (κ3) is 2.29. The van der Waals surface area contributed by atoms with Crippen LogP contribution in [-0.2, 0) is 4.79 Å². The standard InChI is InChI=1S/C10H9Cl2FN2O/c11-7-1-6(13)2-8(12)9(7)15-10(16)5-3-14-4-5/h1-2,5,14H,3-4H2,(H,15,16). The van der Waals surface area contributed by atoms with Gasteiger partial charge in [-0.25, -0.2) is 4.39 Å². The van der Waals surface area contributed by atoms with Crippen LogP contribution in [0.4, 0.5) is 10.1 Å². The number of carbonyl (C=O) groups is 1.